The Morgan fingerprint density at radius 1 is 1.09 bits per heavy atom. The van der Waals surface area contributed by atoms with Gasteiger partial charge in [-0.25, -0.2) is 12.8 Å². The summed E-state index contributed by atoms with van der Waals surface area (Å²) in [6, 6.07) is 7.82. The molecule has 8 heteroatoms. The fourth-order valence-electron chi connectivity index (χ4n) is 1.80. The maximum atomic E-state index is 13.7. The summed E-state index contributed by atoms with van der Waals surface area (Å²) in [4.78, 5) is -0.469. The van der Waals surface area contributed by atoms with Crippen LogP contribution in [0.2, 0.25) is 5.02 Å². The summed E-state index contributed by atoms with van der Waals surface area (Å²) in [6.45, 7) is 0. The Morgan fingerprint density at radius 3 is 2.32 bits per heavy atom. The Bertz CT molecular complexity index is 795. The summed E-state index contributed by atoms with van der Waals surface area (Å²) in [5, 5.41) is 0.189. The Kier molecular flexibility index (Phi) is 4.77. The molecule has 0 heterocycles. The van der Waals surface area contributed by atoms with Gasteiger partial charge in [-0.2, -0.15) is 0 Å². The van der Waals surface area contributed by atoms with Crippen LogP contribution >= 0.6 is 11.6 Å². The van der Waals surface area contributed by atoms with Crippen molar-refractivity contribution in [3.8, 4) is 11.5 Å². The zero-order valence-electron chi connectivity index (χ0n) is 11.8. The predicted octanol–water partition coefficient (Wildman–Crippen LogP) is 3.30. The molecule has 1 N–H and O–H groups in total. The second-order valence-electron chi connectivity index (χ2n) is 4.22. The van der Waals surface area contributed by atoms with Gasteiger partial charge in [0, 0.05) is 6.07 Å². The molecule has 0 radical (unpaired) electrons. The van der Waals surface area contributed by atoms with E-state index in [1.54, 1.807) is 0 Å². The largest absolute Gasteiger partial charge is 0.495 e. The first-order valence-electron chi connectivity index (χ1n) is 6.08. The Balaban J connectivity index is 2.46. The van der Waals surface area contributed by atoms with E-state index in [9.17, 15) is 12.8 Å². The molecule has 0 aromatic heterocycles. The number of sulfonamides is 1. The van der Waals surface area contributed by atoms with E-state index in [0.717, 1.165) is 12.1 Å². The van der Waals surface area contributed by atoms with Gasteiger partial charge >= 0.3 is 0 Å². The molecule has 118 valence electrons. The third kappa shape index (κ3) is 3.26. The van der Waals surface area contributed by atoms with Crippen molar-refractivity contribution in [2.75, 3.05) is 18.9 Å². The Labute approximate surface area is 132 Å². The lowest BCUT2D eigenvalue weighted by Crippen LogP contribution is -2.15. The highest BCUT2D eigenvalue weighted by atomic mass is 35.5. The van der Waals surface area contributed by atoms with Crippen molar-refractivity contribution in [1.29, 1.82) is 0 Å². The zero-order valence-corrected chi connectivity index (χ0v) is 13.3. The van der Waals surface area contributed by atoms with Crippen molar-refractivity contribution in [3.05, 3.63) is 47.2 Å². The van der Waals surface area contributed by atoms with Crippen molar-refractivity contribution in [1.82, 2.24) is 0 Å². The van der Waals surface area contributed by atoms with Crippen LogP contribution in [0.1, 0.15) is 0 Å². The molecule has 2 aromatic carbocycles. The molecule has 0 aliphatic carbocycles. The van der Waals surface area contributed by atoms with E-state index < -0.39 is 20.7 Å². The molecule has 0 fully saturated rings. The first kappa shape index (κ1) is 16.4. The van der Waals surface area contributed by atoms with Crippen molar-refractivity contribution in [2.45, 2.75) is 4.90 Å². The molecule has 0 saturated heterocycles. The van der Waals surface area contributed by atoms with Gasteiger partial charge in [0.1, 0.15) is 22.2 Å². The fourth-order valence-corrected chi connectivity index (χ4v) is 3.18. The zero-order chi connectivity index (χ0) is 16.3. The summed E-state index contributed by atoms with van der Waals surface area (Å²) in [5.41, 5.74) is 0.0801. The summed E-state index contributed by atoms with van der Waals surface area (Å²) >= 11 is 5.98. The normalized spacial score (nSPS) is 11.1. The second kappa shape index (κ2) is 6.41. The molecule has 0 aliphatic rings. The Morgan fingerprint density at radius 2 is 1.73 bits per heavy atom. The number of anilines is 1. The van der Waals surface area contributed by atoms with Gasteiger partial charge < -0.3 is 9.47 Å². The highest BCUT2D eigenvalue weighted by Crippen LogP contribution is 2.37. The van der Waals surface area contributed by atoms with Gasteiger partial charge in [-0.3, -0.25) is 4.72 Å². The molecule has 22 heavy (non-hydrogen) atoms. The minimum absolute atomic E-state index is 0.0801. The molecule has 5 nitrogen and oxygen atoms in total. The van der Waals surface area contributed by atoms with Crippen LogP contribution in [-0.2, 0) is 10.0 Å². The van der Waals surface area contributed by atoms with Gasteiger partial charge in [-0.05, 0) is 18.2 Å². The summed E-state index contributed by atoms with van der Waals surface area (Å²) in [7, 11) is -1.33. The van der Waals surface area contributed by atoms with Gasteiger partial charge in [-0.15, -0.1) is 0 Å². The maximum absolute atomic E-state index is 13.7. The summed E-state index contributed by atoms with van der Waals surface area (Å²) in [6.07, 6.45) is 0. The number of rotatable bonds is 5. The van der Waals surface area contributed by atoms with Gasteiger partial charge in [0.15, 0.2) is 0 Å². The van der Waals surface area contributed by atoms with Crippen LogP contribution in [0.5, 0.6) is 11.5 Å². The van der Waals surface area contributed by atoms with E-state index in [4.69, 9.17) is 21.1 Å². The molecule has 0 spiro atoms. The number of hydrogen-bond acceptors (Lipinski definition) is 4. The van der Waals surface area contributed by atoms with Crippen LogP contribution in [-0.4, -0.2) is 22.6 Å². The van der Waals surface area contributed by atoms with Crippen molar-refractivity contribution in [3.63, 3.8) is 0 Å². The summed E-state index contributed by atoms with van der Waals surface area (Å²) in [5.74, 6) is -0.331. The fraction of sp³-hybridized carbons (Fsp3) is 0.143. The number of methoxy groups -OCH3 is 2. The van der Waals surface area contributed by atoms with Gasteiger partial charge in [-0.1, -0.05) is 23.7 Å². The average molecular weight is 346 g/mol. The Hall–Kier alpha value is -1.99. The SMILES string of the molecule is COc1cc(OC)c(NS(=O)(=O)c2ccccc2F)cc1Cl. The van der Waals surface area contributed by atoms with E-state index in [2.05, 4.69) is 4.72 Å². The lowest BCUT2D eigenvalue weighted by atomic mass is 10.3. The molecule has 0 aliphatic heterocycles. The molecule has 0 saturated carbocycles. The molecular weight excluding hydrogens is 333 g/mol. The van der Waals surface area contributed by atoms with E-state index >= 15 is 0 Å². The standard InChI is InChI=1S/C14H13ClFNO4S/c1-20-12-8-13(21-2)11(7-9(12)15)17-22(18,19)14-6-4-3-5-10(14)16/h3-8,17H,1-2H3. The van der Waals surface area contributed by atoms with Crippen molar-refractivity contribution >= 4 is 27.3 Å². The number of ether oxygens (including phenoxy) is 2. The third-order valence-electron chi connectivity index (χ3n) is 2.84. The molecule has 2 aromatic rings. The van der Waals surface area contributed by atoms with Crippen LogP contribution < -0.4 is 14.2 Å². The van der Waals surface area contributed by atoms with E-state index in [1.165, 1.54) is 38.5 Å². The lowest BCUT2D eigenvalue weighted by molar-refractivity contribution is 0.396. The highest BCUT2D eigenvalue weighted by molar-refractivity contribution is 7.92. The van der Waals surface area contributed by atoms with Crippen LogP contribution in [0.4, 0.5) is 10.1 Å². The van der Waals surface area contributed by atoms with E-state index in [0.29, 0.717) is 5.75 Å². The van der Waals surface area contributed by atoms with Gasteiger partial charge in [0.25, 0.3) is 10.0 Å². The number of halogens is 2. The smallest absolute Gasteiger partial charge is 0.264 e. The quantitative estimate of drug-likeness (QED) is 0.903. The summed E-state index contributed by atoms with van der Waals surface area (Å²) < 4.78 is 50.6. The highest BCUT2D eigenvalue weighted by Gasteiger charge is 2.21. The molecule has 0 amide bonds. The lowest BCUT2D eigenvalue weighted by Gasteiger charge is -2.14. The number of hydrogen-bond donors (Lipinski definition) is 1. The molecular formula is C14H13ClFNO4S. The number of nitrogens with one attached hydrogen (secondary N) is 1. The van der Waals surface area contributed by atoms with Crippen LogP contribution in [0.3, 0.4) is 0 Å². The van der Waals surface area contributed by atoms with E-state index in [-0.39, 0.29) is 16.5 Å². The maximum Gasteiger partial charge on any atom is 0.264 e. The minimum atomic E-state index is -4.12. The van der Waals surface area contributed by atoms with Gasteiger partial charge in [0.2, 0.25) is 0 Å². The van der Waals surface area contributed by atoms with E-state index in [1.807, 2.05) is 0 Å². The average Bonchev–Trinajstić information content (AvgIpc) is 2.47. The first-order chi connectivity index (χ1) is 10.4. The monoisotopic (exact) mass is 345 g/mol. The first-order valence-corrected chi connectivity index (χ1v) is 7.94. The minimum Gasteiger partial charge on any atom is -0.495 e. The molecule has 0 bridgehead atoms. The van der Waals surface area contributed by atoms with Crippen LogP contribution in [0.25, 0.3) is 0 Å². The van der Waals surface area contributed by atoms with Crippen LogP contribution in [0, 0.1) is 5.82 Å². The van der Waals surface area contributed by atoms with Crippen molar-refractivity contribution in [2.24, 2.45) is 0 Å². The van der Waals surface area contributed by atoms with Crippen molar-refractivity contribution < 1.29 is 22.3 Å². The number of benzene rings is 2. The third-order valence-corrected chi connectivity index (χ3v) is 4.54. The molecule has 0 atom stereocenters. The van der Waals surface area contributed by atoms with Crippen LogP contribution in [0.15, 0.2) is 41.3 Å². The second-order valence-corrected chi connectivity index (χ2v) is 6.28. The predicted molar refractivity (Wildman–Crippen MR) is 81.8 cm³/mol. The topological polar surface area (TPSA) is 64.6 Å². The molecule has 2 rings (SSSR count). The molecule has 0 unspecified atom stereocenters. The van der Waals surface area contributed by atoms with Gasteiger partial charge in [0.05, 0.1) is 24.9 Å².